The molecule has 2 atom stereocenters. The number of likely N-dealkylation sites (tertiary alicyclic amines) is 1. The van der Waals surface area contributed by atoms with Gasteiger partial charge in [0.2, 0.25) is 11.8 Å². The molecule has 23 heavy (non-hydrogen) atoms. The van der Waals surface area contributed by atoms with E-state index >= 15 is 0 Å². The molecule has 5 heteroatoms. The van der Waals surface area contributed by atoms with Crippen LogP contribution in [0.25, 0.3) is 0 Å². The Labute approximate surface area is 136 Å². The fraction of sp³-hybridized carbons (Fsp3) is 0.556. The van der Waals surface area contributed by atoms with Crippen molar-refractivity contribution in [3.8, 4) is 0 Å². The molecule has 0 radical (unpaired) electrons. The molecule has 1 N–H and O–H groups in total. The Morgan fingerprint density at radius 2 is 2.09 bits per heavy atom. The zero-order chi connectivity index (χ0) is 16.4. The molecule has 1 aromatic rings. The maximum atomic E-state index is 13.6. The highest BCUT2D eigenvalue weighted by molar-refractivity contribution is 5.85. The van der Waals surface area contributed by atoms with Gasteiger partial charge in [-0.1, -0.05) is 19.1 Å². The summed E-state index contributed by atoms with van der Waals surface area (Å²) in [6, 6.07) is 6.39. The Hall–Kier alpha value is -1.91. The van der Waals surface area contributed by atoms with Crippen LogP contribution in [0.2, 0.25) is 0 Å². The fourth-order valence-electron chi connectivity index (χ4n) is 3.29. The van der Waals surface area contributed by atoms with Gasteiger partial charge in [0.15, 0.2) is 0 Å². The highest BCUT2D eigenvalue weighted by Gasteiger charge is 2.43. The number of carbonyl (C=O) groups is 2. The van der Waals surface area contributed by atoms with E-state index in [2.05, 4.69) is 5.32 Å². The topological polar surface area (TPSA) is 49.4 Å². The molecule has 0 bridgehead atoms. The van der Waals surface area contributed by atoms with E-state index in [-0.39, 0.29) is 35.4 Å². The van der Waals surface area contributed by atoms with Crippen LogP contribution >= 0.6 is 0 Å². The second-order valence-corrected chi connectivity index (χ2v) is 6.58. The summed E-state index contributed by atoms with van der Waals surface area (Å²) >= 11 is 0. The lowest BCUT2D eigenvalue weighted by Crippen LogP contribution is -2.36. The average Bonchev–Trinajstić information content (AvgIpc) is 3.30. The lowest BCUT2D eigenvalue weighted by atomic mass is 9.88. The lowest BCUT2D eigenvalue weighted by Gasteiger charge is -2.18. The third-order valence-corrected chi connectivity index (χ3v) is 4.72. The first-order valence-electron chi connectivity index (χ1n) is 8.42. The molecule has 0 spiro atoms. The van der Waals surface area contributed by atoms with Crippen LogP contribution in [0.1, 0.15) is 37.7 Å². The average molecular weight is 318 g/mol. The van der Waals surface area contributed by atoms with Gasteiger partial charge in [-0.3, -0.25) is 9.59 Å². The molecule has 3 rings (SSSR count). The third-order valence-electron chi connectivity index (χ3n) is 4.72. The molecule has 1 heterocycles. The Bertz CT molecular complexity index is 600. The monoisotopic (exact) mass is 318 g/mol. The van der Waals surface area contributed by atoms with E-state index in [9.17, 15) is 14.0 Å². The molecule has 2 amide bonds. The third kappa shape index (κ3) is 3.54. The van der Waals surface area contributed by atoms with E-state index in [1.165, 1.54) is 12.1 Å². The van der Waals surface area contributed by atoms with Crippen LogP contribution in [0.4, 0.5) is 4.39 Å². The van der Waals surface area contributed by atoms with Crippen molar-refractivity contribution >= 4 is 11.8 Å². The van der Waals surface area contributed by atoms with Gasteiger partial charge in [-0.05, 0) is 37.0 Å². The Balaban J connectivity index is 1.80. The van der Waals surface area contributed by atoms with Gasteiger partial charge >= 0.3 is 0 Å². The lowest BCUT2D eigenvalue weighted by molar-refractivity contribution is -0.132. The van der Waals surface area contributed by atoms with Gasteiger partial charge in [-0.2, -0.15) is 0 Å². The van der Waals surface area contributed by atoms with E-state index in [0.717, 1.165) is 24.8 Å². The van der Waals surface area contributed by atoms with Gasteiger partial charge in [-0.25, -0.2) is 4.39 Å². The van der Waals surface area contributed by atoms with Crippen molar-refractivity contribution in [1.82, 2.24) is 10.2 Å². The minimum absolute atomic E-state index is 0.0350. The molecule has 0 aromatic heterocycles. The van der Waals surface area contributed by atoms with Crippen LogP contribution in [-0.2, 0) is 9.59 Å². The summed E-state index contributed by atoms with van der Waals surface area (Å²) in [5.74, 6) is -0.483. The van der Waals surface area contributed by atoms with Crippen molar-refractivity contribution in [2.24, 2.45) is 11.8 Å². The molecule has 4 nitrogen and oxygen atoms in total. The normalized spacial score (nSPS) is 23.8. The van der Waals surface area contributed by atoms with E-state index < -0.39 is 0 Å². The van der Waals surface area contributed by atoms with Crippen molar-refractivity contribution in [1.29, 1.82) is 0 Å². The molecule has 1 saturated carbocycles. The fourth-order valence-corrected chi connectivity index (χ4v) is 3.29. The van der Waals surface area contributed by atoms with Crippen LogP contribution in [0.5, 0.6) is 0 Å². The molecule has 1 aromatic carbocycles. The van der Waals surface area contributed by atoms with Crippen molar-refractivity contribution in [2.45, 2.75) is 32.1 Å². The number of benzene rings is 1. The summed E-state index contributed by atoms with van der Waals surface area (Å²) in [5, 5.41) is 2.92. The van der Waals surface area contributed by atoms with Crippen molar-refractivity contribution in [3.63, 3.8) is 0 Å². The number of hydrogen-bond acceptors (Lipinski definition) is 2. The summed E-state index contributed by atoms with van der Waals surface area (Å²) in [7, 11) is 0. The van der Waals surface area contributed by atoms with Crippen LogP contribution in [0, 0.1) is 17.7 Å². The first-order chi connectivity index (χ1) is 11.1. The molecule has 2 unspecified atom stereocenters. The van der Waals surface area contributed by atoms with Crippen molar-refractivity contribution in [2.75, 3.05) is 19.6 Å². The number of amides is 2. The van der Waals surface area contributed by atoms with Crippen LogP contribution in [0.3, 0.4) is 0 Å². The highest BCUT2D eigenvalue weighted by Crippen LogP contribution is 2.38. The molecule has 1 saturated heterocycles. The largest absolute Gasteiger partial charge is 0.356 e. The summed E-state index contributed by atoms with van der Waals surface area (Å²) in [5.41, 5.74) is 0.799. The van der Waals surface area contributed by atoms with Crippen LogP contribution < -0.4 is 5.32 Å². The Morgan fingerprint density at radius 1 is 1.30 bits per heavy atom. The number of halogens is 1. The highest BCUT2D eigenvalue weighted by atomic mass is 19.1. The summed E-state index contributed by atoms with van der Waals surface area (Å²) in [4.78, 5) is 26.6. The zero-order valence-corrected chi connectivity index (χ0v) is 13.4. The predicted molar refractivity (Wildman–Crippen MR) is 85.2 cm³/mol. The summed E-state index contributed by atoms with van der Waals surface area (Å²) in [6.07, 6.45) is 2.77. The Morgan fingerprint density at radius 3 is 2.74 bits per heavy atom. The Kier molecular flexibility index (Phi) is 4.64. The predicted octanol–water partition coefficient (Wildman–Crippen LogP) is 2.30. The number of nitrogens with one attached hydrogen (secondary N) is 1. The quantitative estimate of drug-likeness (QED) is 0.906. The van der Waals surface area contributed by atoms with Crippen molar-refractivity contribution in [3.05, 3.63) is 35.6 Å². The second kappa shape index (κ2) is 6.69. The maximum absolute atomic E-state index is 13.6. The first-order valence-corrected chi connectivity index (χ1v) is 8.42. The van der Waals surface area contributed by atoms with Gasteiger partial charge in [0.25, 0.3) is 0 Å². The second-order valence-electron chi connectivity index (χ2n) is 6.58. The minimum Gasteiger partial charge on any atom is -0.356 e. The van der Waals surface area contributed by atoms with E-state index in [0.29, 0.717) is 19.6 Å². The molecular weight excluding hydrogens is 295 g/mol. The summed E-state index contributed by atoms with van der Waals surface area (Å²) in [6.45, 7) is 3.57. The summed E-state index contributed by atoms with van der Waals surface area (Å²) < 4.78 is 13.6. The molecule has 2 fully saturated rings. The number of nitrogens with zero attached hydrogens (tertiary/aromatic N) is 1. The standard InChI is InChI=1S/C18H23FN2O2/c1-2-8-20-17(22)16-11-21(18(23)12-6-7-12)10-15(16)13-4-3-5-14(19)9-13/h3-5,9,12,15-16H,2,6-8,10-11H2,1H3,(H,20,22). The first kappa shape index (κ1) is 16.0. The van der Waals surface area contributed by atoms with E-state index in [1.807, 2.05) is 13.0 Å². The SMILES string of the molecule is CCCNC(=O)C1CN(C(=O)C2CC2)CC1c1cccc(F)c1. The van der Waals surface area contributed by atoms with Gasteiger partial charge < -0.3 is 10.2 Å². The molecule has 124 valence electrons. The van der Waals surface area contributed by atoms with E-state index in [4.69, 9.17) is 0 Å². The van der Waals surface area contributed by atoms with Gasteiger partial charge in [0.05, 0.1) is 5.92 Å². The van der Waals surface area contributed by atoms with Crippen LogP contribution in [-0.4, -0.2) is 36.3 Å². The smallest absolute Gasteiger partial charge is 0.225 e. The van der Waals surface area contributed by atoms with Crippen LogP contribution in [0.15, 0.2) is 24.3 Å². The number of hydrogen-bond donors (Lipinski definition) is 1. The molecule has 2 aliphatic rings. The number of rotatable bonds is 5. The number of carbonyl (C=O) groups excluding carboxylic acids is 2. The molecule has 1 aliphatic heterocycles. The minimum atomic E-state index is -0.304. The van der Waals surface area contributed by atoms with Gasteiger partial charge in [0, 0.05) is 31.5 Å². The van der Waals surface area contributed by atoms with Gasteiger partial charge in [0.1, 0.15) is 5.82 Å². The van der Waals surface area contributed by atoms with Crippen molar-refractivity contribution < 1.29 is 14.0 Å². The maximum Gasteiger partial charge on any atom is 0.225 e. The van der Waals surface area contributed by atoms with Gasteiger partial charge in [-0.15, -0.1) is 0 Å². The molecular formula is C18H23FN2O2. The van der Waals surface area contributed by atoms with E-state index in [1.54, 1.807) is 11.0 Å². The molecule has 1 aliphatic carbocycles. The zero-order valence-electron chi connectivity index (χ0n) is 13.4.